The molecule has 0 fully saturated rings. The highest BCUT2D eigenvalue weighted by molar-refractivity contribution is 6.31. The third kappa shape index (κ3) is 3.99. The maximum atomic E-state index is 13.2. The van der Waals surface area contributed by atoms with Crippen molar-refractivity contribution >= 4 is 34.0 Å². The second kappa shape index (κ2) is 8.52. The molecule has 5 aromatic rings. The van der Waals surface area contributed by atoms with Crippen LogP contribution in [0.5, 0.6) is 0 Å². The fourth-order valence-corrected chi connectivity index (χ4v) is 3.97. The van der Waals surface area contributed by atoms with Crippen LogP contribution in [0.3, 0.4) is 0 Å². The van der Waals surface area contributed by atoms with Gasteiger partial charge >= 0.3 is 0 Å². The first-order valence-corrected chi connectivity index (χ1v) is 11.0. The van der Waals surface area contributed by atoms with E-state index in [4.69, 9.17) is 11.6 Å². The summed E-state index contributed by atoms with van der Waals surface area (Å²) in [4.78, 5) is 17.8. The van der Waals surface area contributed by atoms with Crippen molar-refractivity contribution in [2.45, 2.75) is 13.8 Å². The van der Waals surface area contributed by atoms with Crippen LogP contribution in [-0.2, 0) is 0 Å². The van der Waals surface area contributed by atoms with Crippen molar-refractivity contribution in [3.63, 3.8) is 0 Å². The van der Waals surface area contributed by atoms with Gasteiger partial charge in [-0.25, -0.2) is 9.67 Å². The van der Waals surface area contributed by atoms with Crippen molar-refractivity contribution < 1.29 is 4.79 Å². The molecule has 162 valence electrons. The summed E-state index contributed by atoms with van der Waals surface area (Å²) in [6.07, 6.45) is 0. The molecule has 0 radical (unpaired) electrons. The van der Waals surface area contributed by atoms with Crippen molar-refractivity contribution in [1.82, 2.24) is 14.8 Å². The number of halogens is 1. The first-order chi connectivity index (χ1) is 16.0. The number of benzene rings is 4. The van der Waals surface area contributed by atoms with E-state index in [9.17, 15) is 4.79 Å². The second-order valence-electron chi connectivity index (χ2n) is 7.90. The molecular weight excluding hydrogens is 432 g/mol. The van der Waals surface area contributed by atoms with Gasteiger partial charge < -0.3 is 5.32 Å². The number of fused-ring (bicyclic) bond motifs is 1. The van der Waals surface area contributed by atoms with Gasteiger partial charge in [-0.3, -0.25) is 4.79 Å². The number of aryl methyl sites for hydroxylation is 1. The molecule has 1 amide bonds. The lowest BCUT2D eigenvalue weighted by atomic mass is 10.1. The molecular formula is C27H21ClN4O. The molecule has 0 spiro atoms. The number of carbonyl (C=O) groups is 1. The summed E-state index contributed by atoms with van der Waals surface area (Å²) in [7, 11) is 0. The topological polar surface area (TPSA) is 59.8 Å². The fraction of sp³-hybridized carbons (Fsp3) is 0.0741. The molecule has 0 unspecified atom stereocenters. The van der Waals surface area contributed by atoms with E-state index < -0.39 is 0 Å². The van der Waals surface area contributed by atoms with Crippen molar-refractivity contribution in [2.75, 3.05) is 5.32 Å². The molecule has 0 bridgehead atoms. The number of rotatable bonds is 4. The highest BCUT2D eigenvalue weighted by Gasteiger charge is 2.21. The first-order valence-electron chi connectivity index (χ1n) is 10.6. The van der Waals surface area contributed by atoms with E-state index in [0.717, 1.165) is 33.2 Å². The SMILES string of the molecule is Cc1ccc(-c2nc(C(=O)Nc3cccc4ccccc34)nn2-c2cccc(Cl)c2C)cc1. The van der Waals surface area contributed by atoms with Gasteiger partial charge in [0.25, 0.3) is 5.91 Å². The average Bonchev–Trinajstić information content (AvgIpc) is 3.27. The number of carbonyl (C=O) groups excluding carboxylic acids is 1. The Morgan fingerprint density at radius 2 is 1.61 bits per heavy atom. The lowest BCUT2D eigenvalue weighted by Crippen LogP contribution is -2.14. The van der Waals surface area contributed by atoms with E-state index in [2.05, 4.69) is 15.4 Å². The van der Waals surface area contributed by atoms with Crippen LogP contribution in [0.1, 0.15) is 21.7 Å². The first kappa shape index (κ1) is 20.9. The summed E-state index contributed by atoms with van der Waals surface area (Å²) in [5.74, 6) is 0.277. The molecule has 0 aliphatic heterocycles. The van der Waals surface area contributed by atoms with E-state index >= 15 is 0 Å². The monoisotopic (exact) mass is 452 g/mol. The molecule has 5 rings (SSSR count). The predicted molar refractivity (Wildman–Crippen MR) is 133 cm³/mol. The summed E-state index contributed by atoms with van der Waals surface area (Å²) in [6, 6.07) is 27.3. The largest absolute Gasteiger partial charge is 0.319 e. The molecule has 1 N–H and O–H groups in total. The second-order valence-corrected chi connectivity index (χ2v) is 8.31. The molecule has 0 atom stereocenters. The number of nitrogens with one attached hydrogen (secondary N) is 1. The molecule has 6 heteroatoms. The Kier molecular flexibility index (Phi) is 5.40. The maximum Gasteiger partial charge on any atom is 0.295 e. The Labute approximate surface area is 196 Å². The number of hydrogen-bond donors (Lipinski definition) is 1. The molecule has 5 nitrogen and oxygen atoms in total. The summed E-state index contributed by atoms with van der Waals surface area (Å²) < 4.78 is 1.68. The number of nitrogens with zero attached hydrogens (tertiary/aromatic N) is 3. The molecule has 1 aromatic heterocycles. The van der Waals surface area contributed by atoms with Crippen LogP contribution < -0.4 is 5.32 Å². The van der Waals surface area contributed by atoms with E-state index in [1.165, 1.54) is 0 Å². The zero-order valence-corrected chi connectivity index (χ0v) is 19.0. The zero-order valence-electron chi connectivity index (χ0n) is 18.2. The van der Waals surface area contributed by atoms with Crippen molar-refractivity contribution in [3.8, 4) is 17.1 Å². The van der Waals surface area contributed by atoms with Gasteiger partial charge in [0.1, 0.15) is 0 Å². The smallest absolute Gasteiger partial charge is 0.295 e. The van der Waals surface area contributed by atoms with Crippen LogP contribution in [0.4, 0.5) is 5.69 Å². The number of amides is 1. The highest BCUT2D eigenvalue weighted by Crippen LogP contribution is 2.28. The molecule has 0 aliphatic rings. The molecule has 1 heterocycles. The normalized spacial score (nSPS) is 11.0. The van der Waals surface area contributed by atoms with Gasteiger partial charge in [-0.05, 0) is 43.0 Å². The van der Waals surface area contributed by atoms with Gasteiger partial charge in [-0.15, -0.1) is 5.10 Å². The van der Waals surface area contributed by atoms with Crippen LogP contribution in [0.25, 0.3) is 27.8 Å². The van der Waals surface area contributed by atoms with E-state index in [1.54, 1.807) is 4.68 Å². The lowest BCUT2D eigenvalue weighted by molar-refractivity contribution is 0.101. The van der Waals surface area contributed by atoms with Gasteiger partial charge in [0.2, 0.25) is 5.82 Å². The van der Waals surface area contributed by atoms with Gasteiger partial charge in [-0.2, -0.15) is 0 Å². The van der Waals surface area contributed by atoms with Crippen LogP contribution in [0.15, 0.2) is 84.9 Å². The van der Waals surface area contributed by atoms with Crippen molar-refractivity contribution in [3.05, 3.63) is 107 Å². The fourth-order valence-electron chi connectivity index (χ4n) is 3.80. The highest BCUT2D eigenvalue weighted by atomic mass is 35.5. The minimum atomic E-state index is -0.377. The Morgan fingerprint density at radius 1 is 0.879 bits per heavy atom. The van der Waals surface area contributed by atoms with Crippen LogP contribution >= 0.6 is 11.6 Å². The lowest BCUT2D eigenvalue weighted by Gasteiger charge is -2.10. The van der Waals surface area contributed by atoms with Crippen molar-refractivity contribution in [2.24, 2.45) is 0 Å². The molecule has 0 saturated heterocycles. The summed E-state index contributed by atoms with van der Waals surface area (Å²) in [5.41, 5.74) is 4.34. The van der Waals surface area contributed by atoms with E-state index in [-0.39, 0.29) is 11.7 Å². The molecule has 0 saturated carbocycles. The minimum absolute atomic E-state index is 0.0814. The summed E-state index contributed by atoms with van der Waals surface area (Å²) in [6.45, 7) is 3.95. The molecule has 4 aromatic carbocycles. The average molecular weight is 453 g/mol. The predicted octanol–water partition coefficient (Wildman–Crippen LogP) is 6.61. The van der Waals surface area contributed by atoms with Crippen LogP contribution in [0, 0.1) is 13.8 Å². The minimum Gasteiger partial charge on any atom is -0.319 e. The Bertz CT molecular complexity index is 1480. The maximum absolute atomic E-state index is 13.2. The van der Waals surface area contributed by atoms with Crippen LogP contribution in [0.2, 0.25) is 5.02 Å². The Hall–Kier alpha value is -3.96. The van der Waals surface area contributed by atoms with Gasteiger partial charge in [0.05, 0.1) is 5.69 Å². The Morgan fingerprint density at radius 3 is 2.42 bits per heavy atom. The summed E-state index contributed by atoms with van der Waals surface area (Å²) in [5, 5.41) is 10.2. The van der Waals surface area contributed by atoms with E-state index in [0.29, 0.717) is 16.5 Å². The quantitative estimate of drug-likeness (QED) is 0.333. The molecule has 0 aliphatic carbocycles. The molecule has 33 heavy (non-hydrogen) atoms. The number of aromatic nitrogens is 3. The zero-order chi connectivity index (χ0) is 22.9. The Balaban J connectivity index is 1.60. The van der Waals surface area contributed by atoms with Gasteiger partial charge in [0.15, 0.2) is 5.82 Å². The number of anilines is 1. The third-order valence-corrected chi connectivity index (χ3v) is 6.03. The standard InChI is InChI=1S/C27H21ClN4O/c1-17-13-15-20(16-14-17)26-30-25(31-32(26)24-12-6-10-22(28)18(24)2)27(33)29-23-11-5-8-19-7-3-4-9-21(19)23/h3-16H,1-2H3,(H,29,33). The van der Waals surface area contributed by atoms with E-state index in [1.807, 2.05) is 98.8 Å². The summed E-state index contributed by atoms with van der Waals surface area (Å²) >= 11 is 6.37. The van der Waals surface area contributed by atoms with Crippen molar-refractivity contribution in [1.29, 1.82) is 0 Å². The van der Waals surface area contributed by atoms with Gasteiger partial charge in [-0.1, -0.05) is 83.9 Å². The van der Waals surface area contributed by atoms with Crippen LogP contribution in [-0.4, -0.2) is 20.7 Å². The van der Waals surface area contributed by atoms with Gasteiger partial charge in [0, 0.05) is 21.7 Å². The third-order valence-electron chi connectivity index (χ3n) is 5.63. The number of hydrogen-bond acceptors (Lipinski definition) is 3.